The van der Waals surface area contributed by atoms with Crippen molar-refractivity contribution < 1.29 is 4.79 Å². The zero-order chi connectivity index (χ0) is 13.8. The Bertz CT molecular complexity index is 577. The summed E-state index contributed by atoms with van der Waals surface area (Å²) in [5.74, 6) is 0.640. The van der Waals surface area contributed by atoms with Crippen LogP contribution in [0, 0.1) is 0 Å². The van der Waals surface area contributed by atoms with Crippen molar-refractivity contribution in [3.8, 4) is 11.4 Å². The van der Waals surface area contributed by atoms with Crippen molar-refractivity contribution in [2.75, 3.05) is 11.9 Å². The first kappa shape index (κ1) is 12.7. The molecule has 2 heterocycles. The van der Waals surface area contributed by atoms with Crippen LogP contribution in [-0.4, -0.2) is 28.5 Å². The van der Waals surface area contributed by atoms with Gasteiger partial charge in [-0.15, -0.1) is 0 Å². The molecule has 0 spiro atoms. The van der Waals surface area contributed by atoms with Crippen molar-refractivity contribution in [1.82, 2.24) is 15.3 Å². The fraction of sp³-hybridized carbons (Fsp3) is 0.267. The fourth-order valence-electron chi connectivity index (χ4n) is 2.27. The zero-order valence-electron chi connectivity index (χ0n) is 11.0. The van der Waals surface area contributed by atoms with E-state index in [2.05, 4.69) is 20.6 Å². The number of carbonyl (C=O) groups is 1. The molecule has 2 N–H and O–H groups in total. The molecule has 5 heteroatoms. The molecule has 0 bridgehead atoms. The number of hydrogen-bond acceptors (Lipinski definition) is 4. The van der Waals surface area contributed by atoms with Crippen LogP contribution in [0.2, 0.25) is 0 Å². The number of nitrogens with one attached hydrogen (secondary N) is 2. The van der Waals surface area contributed by atoms with Gasteiger partial charge in [0.05, 0.1) is 24.1 Å². The Labute approximate surface area is 117 Å². The number of benzene rings is 1. The molecule has 1 fully saturated rings. The SMILES string of the molecule is O=C(Nc1cnc(-c2ccccc2)nc1)[C@@H]1CCCN1. The molecule has 3 rings (SSSR count). The van der Waals surface area contributed by atoms with Crippen LogP contribution < -0.4 is 10.6 Å². The summed E-state index contributed by atoms with van der Waals surface area (Å²) in [7, 11) is 0. The highest BCUT2D eigenvalue weighted by Gasteiger charge is 2.21. The Kier molecular flexibility index (Phi) is 3.69. The molecule has 1 saturated heterocycles. The van der Waals surface area contributed by atoms with Crippen molar-refractivity contribution in [2.45, 2.75) is 18.9 Å². The summed E-state index contributed by atoms with van der Waals surface area (Å²) in [6.07, 6.45) is 5.21. The lowest BCUT2D eigenvalue weighted by Gasteiger charge is -2.10. The lowest BCUT2D eigenvalue weighted by molar-refractivity contribution is -0.117. The molecule has 1 amide bonds. The van der Waals surface area contributed by atoms with Gasteiger partial charge in [-0.2, -0.15) is 0 Å². The third-order valence-electron chi connectivity index (χ3n) is 3.33. The second-order valence-electron chi connectivity index (χ2n) is 4.80. The van der Waals surface area contributed by atoms with E-state index in [9.17, 15) is 4.79 Å². The average Bonchev–Trinajstić information content (AvgIpc) is 3.03. The molecule has 1 aromatic heterocycles. The number of anilines is 1. The van der Waals surface area contributed by atoms with Crippen LogP contribution in [0.15, 0.2) is 42.7 Å². The van der Waals surface area contributed by atoms with E-state index in [4.69, 9.17) is 0 Å². The van der Waals surface area contributed by atoms with E-state index in [1.54, 1.807) is 12.4 Å². The van der Waals surface area contributed by atoms with Crippen LogP contribution in [0.5, 0.6) is 0 Å². The van der Waals surface area contributed by atoms with Gasteiger partial charge in [0.25, 0.3) is 0 Å². The van der Waals surface area contributed by atoms with E-state index in [0.29, 0.717) is 11.5 Å². The van der Waals surface area contributed by atoms with Crippen molar-refractivity contribution in [3.63, 3.8) is 0 Å². The predicted molar refractivity (Wildman–Crippen MR) is 77.1 cm³/mol. The molecule has 0 aliphatic carbocycles. The largest absolute Gasteiger partial charge is 0.322 e. The van der Waals surface area contributed by atoms with Gasteiger partial charge in [0.1, 0.15) is 0 Å². The monoisotopic (exact) mass is 268 g/mol. The van der Waals surface area contributed by atoms with Crippen LogP contribution in [0.3, 0.4) is 0 Å². The van der Waals surface area contributed by atoms with E-state index in [-0.39, 0.29) is 11.9 Å². The normalized spacial score (nSPS) is 17.9. The Hall–Kier alpha value is -2.27. The topological polar surface area (TPSA) is 66.9 Å². The van der Waals surface area contributed by atoms with Gasteiger partial charge in [-0.05, 0) is 19.4 Å². The Morgan fingerprint density at radius 2 is 1.95 bits per heavy atom. The highest BCUT2D eigenvalue weighted by molar-refractivity contribution is 5.94. The van der Waals surface area contributed by atoms with E-state index in [1.165, 1.54) is 0 Å². The fourth-order valence-corrected chi connectivity index (χ4v) is 2.27. The minimum absolute atomic E-state index is 0.0152. The van der Waals surface area contributed by atoms with Crippen molar-refractivity contribution in [2.24, 2.45) is 0 Å². The molecule has 1 aliphatic rings. The highest BCUT2D eigenvalue weighted by Crippen LogP contribution is 2.15. The van der Waals surface area contributed by atoms with E-state index >= 15 is 0 Å². The number of amides is 1. The Morgan fingerprint density at radius 1 is 1.20 bits per heavy atom. The molecule has 5 nitrogen and oxygen atoms in total. The molecular weight excluding hydrogens is 252 g/mol. The Morgan fingerprint density at radius 3 is 2.60 bits per heavy atom. The predicted octanol–water partition coefficient (Wildman–Crippen LogP) is 1.83. The van der Waals surface area contributed by atoms with Crippen LogP contribution in [-0.2, 0) is 4.79 Å². The summed E-state index contributed by atoms with van der Waals surface area (Å²) in [5.41, 5.74) is 1.59. The first-order chi connectivity index (χ1) is 9.83. The molecule has 0 unspecified atom stereocenters. The maximum absolute atomic E-state index is 11.9. The van der Waals surface area contributed by atoms with E-state index in [1.807, 2.05) is 30.3 Å². The van der Waals surface area contributed by atoms with Crippen LogP contribution >= 0.6 is 0 Å². The second kappa shape index (κ2) is 5.79. The van der Waals surface area contributed by atoms with Crippen molar-refractivity contribution in [1.29, 1.82) is 0 Å². The lowest BCUT2D eigenvalue weighted by atomic mass is 10.2. The summed E-state index contributed by atoms with van der Waals surface area (Å²) in [6.45, 7) is 0.904. The number of aromatic nitrogens is 2. The minimum atomic E-state index is -0.0937. The minimum Gasteiger partial charge on any atom is -0.322 e. The summed E-state index contributed by atoms with van der Waals surface area (Å²) in [5, 5.41) is 6.00. The van der Waals surface area contributed by atoms with Gasteiger partial charge < -0.3 is 10.6 Å². The first-order valence-corrected chi connectivity index (χ1v) is 6.74. The van der Waals surface area contributed by atoms with Gasteiger partial charge in [-0.25, -0.2) is 9.97 Å². The molecular formula is C15H16N4O. The van der Waals surface area contributed by atoms with Crippen LogP contribution in [0.25, 0.3) is 11.4 Å². The van der Waals surface area contributed by atoms with Crippen molar-refractivity contribution in [3.05, 3.63) is 42.7 Å². The third-order valence-corrected chi connectivity index (χ3v) is 3.33. The number of hydrogen-bond donors (Lipinski definition) is 2. The Balaban J connectivity index is 1.68. The number of carbonyl (C=O) groups excluding carboxylic acids is 1. The molecule has 20 heavy (non-hydrogen) atoms. The smallest absolute Gasteiger partial charge is 0.241 e. The van der Waals surface area contributed by atoms with E-state index in [0.717, 1.165) is 24.9 Å². The molecule has 2 aromatic rings. The summed E-state index contributed by atoms with van der Waals surface area (Å²) in [6, 6.07) is 9.66. The summed E-state index contributed by atoms with van der Waals surface area (Å²) >= 11 is 0. The van der Waals surface area contributed by atoms with Gasteiger partial charge >= 0.3 is 0 Å². The number of rotatable bonds is 3. The average molecular weight is 268 g/mol. The quantitative estimate of drug-likeness (QED) is 0.891. The van der Waals surface area contributed by atoms with Gasteiger partial charge in [0.2, 0.25) is 5.91 Å². The van der Waals surface area contributed by atoms with Crippen LogP contribution in [0.1, 0.15) is 12.8 Å². The third kappa shape index (κ3) is 2.83. The van der Waals surface area contributed by atoms with Crippen LogP contribution in [0.4, 0.5) is 5.69 Å². The molecule has 1 aliphatic heterocycles. The second-order valence-corrected chi connectivity index (χ2v) is 4.80. The zero-order valence-corrected chi connectivity index (χ0v) is 11.0. The maximum atomic E-state index is 11.9. The molecule has 1 atom stereocenters. The molecule has 0 saturated carbocycles. The number of nitrogens with zero attached hydrogens (tertiary/aromatic N) is 2. The van der Waals surface area contributed by atoms with Gasteiger partial charge in [-0.3, -0.25) is 4.79 Å². The van der Waals surface area contributed by atoms with Gasteiger partial charge in [0, 0.05) is 5.56 Å². The van der Waals surface area contributed by atoms with Gasteiger partial charge in [-0.1, -0.05) is 30.3 Å². The summed E-state index contributed by atoms with van der Waals surface area (Å²) < 4.78 is 0. The molecule has 1 aromatic carbocycles. The molecule has 102 valence electrons. The molecule has 0 radical (unpaired) electrons. The highest BCUT2D eigenvalue weighted by atomic mass is 16.2. The first-order valence-electron chi connectivity index (χ1n) is 6.74. The van der Waals surface area contributed by atoms with E-state index < -0.39 is 0 Å². The van der Waals surface area contributed by atoms with Crippen molar-refractivity contribution >= 4 is 11.6 Å². The summed E-state index contributed by atoms with van der Waals surface area (Å²) in [4.78, 5) is 20.5. The van der Waals surface area contributed by atoms with Gasteiger partial charge in [0.15, 0.2) is 5.82 Å². The maximum Gasteiger partial charge on any atom is 0.241 e. The standard InChI is InChI=1S/C15H16N4O/c20-15(13-7-4-8-16-13)19-12-9-17-14(18-10-12)11-5-2-1-3-6-11/h1-3,5-6,9-10,13,16H,4,7-8H2,(H,19,20)/t13-/m0/s1. The lowest BCUT2D eigenvalue weighted by Crippen LogP contribution is -2.35.